The Bertz CT molecular complexity index is 391. The number of anilines is 1. The minimum atomic E-state index is 0.677. The molecule has 1 aromatic carbocycles. The normalized spacial score (nSPS) is 10.9. The molecule has 0 aliphatic carbocycles. The summed E-state index contributed by atoms with van der Waals surface area (Å²) in [4.78, 5) is 2.27. The maximum absolute atomic E-state index is 5.55. The maximum atomic E-state index is 5.55. The van der Waals surface area contributed by atoms with Crippen LogP contribution in [-0.4, -0.2) is 27.2 Å². The average Bonchev–Trinajstić information content (AvgIpc) is 2.44. The Hall–Kier alpha value is -1.22. The van der Waals surface area contributed by atoms with Gasteiger partial charge in [0.2, 0.25) is 0 Å². The van der Waals surface area contributed by atoms with Crippen molar-refractivity contribution in [2.75, 3.05) is 32.1 Å². The zero-order chi connectivity index (χ0) is 15.0. The van der Waals surface area contributed by atoms with Gasteiger partial charge in [0, 0.05) is 20.1 Å². The molecule has 0 amide bonds. The summed E-state index contributed by atoms with van der Waals surface area (Å²) in [6, 6.07) is 6.50. The molecule has 0 aromatic heterocycles. The average molecular weight is 278 g/mol. The summed E-state index contributed by atoms with van der Waals surface area (Å²) in [5.74, 6) is 1.64. The zero-order valence-corrected chi connectivity index (χ0v) is 13.7. The van der Waals surface area contributed by atoms with Crippen LogP contribution in [0.5, 0.6) is 5.75 Å². The first-order valence-electron chi connectivity index (χ1n) is 7.67. The Morgan fingerprint density at radius 3 is 2.65 bits per heavy atom. The van der Waals surface area contributed by atoms with Crippen molar-refractivity contribution in [2.24, 2.45) is 5.92 Å². The van der Waals surface area contributed by atoms with Gasteiger partial charge >= 0.3 is 0 Å². The lowest BCUT2D eigenvalue weighted by molar-refractivity contribution is 0.414. The van der Waals surface area contributed by atoms with E-state index in [0.29, 0.717) is 5.92 Å². The smallest absolute Gasteiger partial charge is 0.142 e. The van der Waals surface area contributed by atoms with E-state index in [0.717, 1.165) is 25.4 Å². The summed E-state index contributed by atoms with van der Waals surface area (Å²) >= 11 is 0. The summed E-state index contributed by atoms with van der Waals surface area (Å²) in [6.07, 6.45) is 2.42. The van der Waals surface area contributed by atoms with Crippen molar-refractivity contribution in [3.8, 4) is 5.75 Å². The van der Waals surface area contributed by atoms with Gasteiger partial charge in [-0.25, -0.2) is 0 Å². The third-order valence-electron chi connectivity index (χ3n) is 3.38. The van der Waals surface area contributed by atoms with Crippen molar-refractivity contribution in [1.29, 1.82) is 0 Å². The monoisotopic (exact) mass is 278 g/mol. The van der Waals surface area contributed by atoms with E-state index in [4.69, 9.17) is 4.74 Å². The van der Waals surface area contributed by atoms with Gasteiger partial charge in [-0.05, 0) is 36.6 Å². The molecule has 0 aliphatic heterocycles. The highest BCUT2D eigenvalue weighted by Gasteiger charge is 2.08. The van der Waals surface area contributed by atoms with Crippen LogP contribution in [0.1, 0.15) is 39.2 Å². The lowest BCUT2D eigenvalue weighted by Gasteiger charge is -2.22. The van der Waals surface area contributed by atoms with Crippen molar-refractivity contribution in [3.05, 3.63) is 23.8 Å². The molecule has 0 saturated carbocycles. The molecular formula is C17H30N2O. The highest BCUT2D eigenvalue weighted by atomic mass is 16.5. The molecular weight excluding hydrogens is 248 g/mol. The van der Waals surface area contributed by atoms with Gasteiger partial charge in [0.15, 0.2) is 0 Å². The van der Waals surface area contributed by atoms with E-state index in [9.17, 15) is 0 Å². The van der Waals surface area contributed by atoms with Gasteiger partial charge in [-0.3, -0.25) is 0 Å². The van der Waals surface area contributed by atoms with E-state index < -0.39 is 0 Å². The topological polar surface area (TPSA) is 24.5 Å². The Kier molecular flexibility index (Phi) is 7.45. The fourth-order valence-electron chi connectivity index (χ4n) is 2.17. The molecule has 0 fully saturated rings. The van der Waals surface area contributed by atoms with Gasteiger partial charge in [-0.1, -0.05) is 33.3 Å². The lowest BCUT2D eigenvalue weighted by atomic mass is 10.1. The van der Waals surface area contributed by atoms with Crippen LogP contribution in [0.3, 0.4) is 0 Å². The first-order valence-corrected chi connectivity index (χ1v) is 7.67. The van der Waals surface area contributed by atoms with Crippen LogP contribution in [0.2, 0.25) is 0 Å². The molecule has 0 unspecified atom stereocenters. The van der Waals surface area contributed by atoms with Crippen molar-refractivity contribution in [2.45, 2.75) is 40.2 Å². The second-order valence-electron chi connectivity index (χ2n) is 5.81. The van der Waals surface area contributed by atoms with Gasteiger partial charge in [0.05, 0.1) is 12.8 Å². The van der Waals surface area contributed by atoms with E-state index in [1.165, 1.54) is 24.1 Å². The summed E-state index contributed by atoms with van der Waals surface area (Å²) < 4.78 is 5.55. The molecule has 20 heavy (non-hydrogen) atoms. The molecule has 0 radical (unpaired) electrons. The second kappa shape index (κ2) is 8.85. The van der Waals surface area contributed by atoms with Crippen LogP contribution >= 0.6 is 0 Å². The van der Waals surface area contributed by atoms with Crippen LogP contribution in [-0.2, 0) is 6.54 Å². The maximum Gasteiger partial charge on any atom is 0.142 e. The van der Waals surface area contributed by atoms with Crippen LogP contribution < -0.4 is 15.0 Å². The van der Waals surface area contributed by atoms with Gasteiger partial charge in [-0.15, -0.1) is 0 Å². The molecule has 0 aliphatic rings. The van der Waals surface area contributed by atoms with Crippen molar-refractivity contribution >= 4 is 5.69 Å². The number of ether oxygens (including phenoxy) is 1. The predicted octanol–water partition coefficient (Wildman–Crippen LogP) is 3.68. The number of hydrogen-bond acceptors (Lipinski definition) is 3. The van der Waals surface area contributed by atoms with Crippen molar-refractivity contribution in [3.63, 3.8) is 0 Å². The molecule has 0 bridgehead atoms. The van der Waals surface area contributed by atoms with Gasteiger partial charge in [-0.2, -0.15) is 0 Å². The fourth-order valence-corrected chi connectivity index (χ4v) is 2.17. The second-order valence-corrected chi connectivity index (χ2v) is 5.81. The Labute approximate surface area is 124 Å². The molecule has 3 heteroatoms. The van der Waals surface area contributed by atoms with Gasteiger partial charge < -0.3 is 15.0 Å². The highest BCUT2D eigenvalue weighted by molar-refractivity contribution is 5.59. The number of nitrogens with zero attached hydrogens (tertiary/aromatic N) is 1. The summed E-state index contributed by atoms with van der Waals surface area (Å²) in [5.41, 5.74) is 2.45. The molecule has 0 spiro atoms. The van der Waals surface area contributed by atoms with Crippen molar-refractivity contribution < 1.29 is 4.74 Å². The number of methoxy groups -OCH3 is 1. The first kappa shape index (κ1) is 16.8. The zero-order valence-electron chi connectivity index (χ0n) is 13.7. The van der Waals surface area contributed by atoms with Crippen LogP contribution in [0.25, 0.3) is 0 Å². The Balaban J connectivity index is 2.69. The summed E-state index contributed by atoms with van der Waals surface area (Å²) in [6.45, 7) is 9.67. The first-order chi connectivity index (χ1) is 9.58. The van der Waals surface area contributed by atoms with E-state index in [-0.39, 0.29) is 0 Å². The molecule has 0 saturated heterocycles. The third kappa shape index (κ3) is 5.41. The van der Waals surface area contributed by atoms with E-state index in [1.54, 1.807) is 7.11 Å². The van der Waals surface area contributed by atoms with Crippen molar-refractivity contribution in [1.82, 2.24) is 5.32 Å². The molecule has 3 nitrogen and oxygen atoms in total. The lowest BCUT2D eigenvalue weighted by Crippen LogP contribution is -2.20. The number of unbranched alkanes of at least 4 members (excludes halogenated alkanes) is 1. The molecule has 1 rings (SSSR count). The van der Waals surface area contributed by atoms with Gasteiger partial charge in [0.1, 0.15) is 5.75 Å². The Morgan fingerprint density at radius 2 is 2.05 bits per heavy atom. The summed E-state index contributed by atoms with van der Waals surface area (Å²) in [5, 5.41) is 3.47. The molecule has 0 heterocycles. The standard InChI is InChI=1S/C17H30N2O/c1-6-7-10-19(4)16-9-8-15(11-17(16)20-5)13-18-12-14(2)3/h8-9,11,14,18H,6-7,10,12-13H2,1-5H3. The quantitative estimate of drug-likeness (QED) is 0.746. The molecule has 1 aromatic rings. The highest BCUT2D eigenvalue weighted by Crippen LogP contribution is 2.28. The SMILES string of the molecule is CCCCN(C)c1ccc(CNCC(C)C)cc1OC. The van der Waals surface area contributed by atoms with Gasteiger partial charge in [0.25, 0.3) is 0 Å². The van der Waals surface area contributed by atoms with E-state index in [2.05, 4.69) is 56.2 Å². The fraction of sp³-hybridized carbons (Fsp3) is 0.647. The van der Waals surface area contributed by atoms with Crippen LogP contribution in [0, 0.1) is 5.92 Å². The molecule has 0 atom stereocenters. The third-order valence-corrected chi connectivity index (χ3v) is 3.38. The number of hydrogen-bond donors (Lipinski definition) is 1. The predicted molar refractivity (Wildman–Crippen MR) is 87.7 cm³/mol. The van der Waals surface area contributed by atoms with Crippen LogP contribution in [0.15, 0.2) is 18.2 Å². The number of benzene rings is 1. The van der Waals surface area contributed by atoms with E-state index >= 15 is 0 Å². The molecule has 114 valence electrons. The van der Waals surface area contributed by atoms with Crippen LogP contribution in [0.4, 0.5) is 5.69 Å². The minimum absolute atomic E-state index is 0.677. The molecule has 1 N–H and O–H groups in total. The largest absolute Gasteiger partial charge is 0.495 e. The minimum Gasteiger partial charge on any atom is -0.495 e. The number of nitrogens with one attached hydrogen (secondary N) is 1. The Morgan fingerprint density at radius 1 is 1.30 bits per heavy atom. The summed E-state index contributed by atoms with van der Waals surface area (Å²) in [7, 11) is 3.88. The van der Waals surface area contributed by atoms with E-state index in [1.807, 2.05) is 0 Å². The number of rotatable bonds is 9.